The summed E-state index contributed by atoms with van der Waals surface area (Å²) in [5.41, 5.74) is 4.60. The fraction of sp³-hybridized carbons (Fsp3) is 0.647. The smallest absolute Gasteiger partial charge is 0.127 e. The molecule has 2 aromatic carbocycles. The van der Waals surface area contributed by atoms with Gasteiger partial charge in [-0.2, -0.15) is 0 Å². The van der Waals surface area contributed by atoms with Gasteiger partial charge >= 0.3 is 0 Å². The van der Waals surface area contributed by atoms with E-state index in [-0.39, 0.29) is 5.82 Å². The van der Waals surface area contributed by atoms with Crippen LogP contribution in [-0.4, -0.2) is 0 Å². The maximum atomic E-state index is 15.2. The zero-order valence-electron chi connectivity index (χ0n) is 22.5. The van der Waals surface area contributed by atoms with E-state index >= 15 is 4.39 Å². The fourth-order valence-corrected chi connectivity index (χ4v) is 6.90. The van der Waals surface area contributed by atoms with Crippen molar-refractivity contribution >= 4 is 0 Å². The third-order valence-corrected chi connectivity index (χ3v) is 9.28. The van der Waals surface area contributed by atoms with Crippen LogP contribution < -0.4 is 0 Å². The van der Waals surface area contributed by atoms with Gasteiger partial charge in [0.25, 0.3) is 0 Å². The SMILES string of the molecule is CCCCCC1CCC(c2ccc(-c3ccc(C4CCC(CCCCC)CC4)c(F)c3)cc2)CC1. The summed E-state index contributed by atoms with van der Waals surface area (Å²) >= 11 is 0. The highest BCUT2D eigenvalue weighted by Crippen LogP contribution is 2.40. The predicted octanol–water partition coefficient (Wildman–Crippen LogP) is 11.2. The van der Waals surface area contributed by atoms with E-state index in [4.69, 9.17) is 0 Å². The van der Waals surface area contributed by atoms with Crippen LogP contribution in [0.4, 0.5) is 4.39 Å². The first-order valence-electron chi connectivity index (χ1n) is 15.1. The summed E-state index contributed by atoms with van der Waals surface area (Å²) in [6, 6.07) is 15.1. The molecule has 2 saturated carbocycles. The van der Waals surface area contributed by atoms with Crippen LogP contribution in [-0.2, 0) is 0 Å². The Morgan fingerprint density at radius 1 is 0.600 bits per heavy atom. The molecule has 2 aliphatic carbocycles. The van der Waals surface area contributed by atoms with Crippen molar-refractivity contribution in [3.63, 3.8) is 0 Å². The van der Waals surface area contributed by atoms with Crippen molar-refractivity contribution in [1.82, 2.24) is 0 Å². The fourth-order valence-electron chi connectivity index (χ4n) is 6.90. The highest BCUT2D eigenvalue weighted by atomic mass is 19.1. The van der Waals surface area contributed by atoms with Crippen molar-refractivity contribution in [2.45, 2.75) is 128 Å². The average Bonchev–Trinajstić information content (AvgIpc) is 2.90. The van der Waals surface area contributed by atoms with E-state index in [9.17, 15) is 0 Å². The lowest BCUT2D eigenvalue weighted by molar-refractivity contribution is 0.299. The molecule has 4 rings (SSSR count). The average molecular weight is 477 g/mol. The summed E-state index contributed by atoms with van der Waals surface area (Å²) in [7, 11) is 0. The molecule has 0 nitrogen and oxygen atoms in total. The van der Waals surface area contributed by atoms with Gasteiger partial charge in [-0.15, -0.1) is 0 Å². The van der Waals surface area contributed by atoms with Crippen molar-refractivity contribution in [3.05, 3.63) is 59.4 Å². The number of hydrogen-bond donors (Lipinski definition) is 0. The van der Waals surface area contributed by atoms with Gasteiger partial charge in [0.1, 0.15) is 5.82 Å². The number of rotatable bonds is 11. The topological polar surface area (TPSA) is 0 Å². The zero-order valence-corrected chi connectivity index (χ0v) is 22.5. The van der Waals surface area contributed by atoms with E-state index < -0.39 is 0 Å². The third-order valence-electron chi connectivity index (χ3n) is 9.28. The molecule has 1 heteroatoms. The predicted molar refractivity (Wildman–Crippen MR) is 150 cm³/mol. The molecule has 0 aliphatic heterocycles. The number of hydrogen-bond acceptors (Lipinski definition) is 0. The maximum Gasteiger partial charge on any atom is 0.127 e. The van der Waals surface area contributed by atoms with E-state index in [1.165, 1.54) is 95.5 Å². The van der Waals surface area contributed by atoms with Crippen LogP contribution in [0.5, 0.6) is 0 Å². The summed E-state index contributed by atoms with van der Waals surface area (Å²) in [6.07, 6.45) is 21.3. The Balaban J connectivity index is 1.30. The van der Waals surface area contributed by atoms with Crippen LogP contribution in [0.2, 0.25) is 0 Å². The lowest BCUT2D eigenvalue weighted by atomic mass is 9.76. The molecule has 0 bridgehead atoms. The molecule has 0 radical (unpaired) electrons. The van der Waals surface area contributed by atoms with E-state index in [0.717, 1.165) is 41.4 Å². The van der Waals surface area contributed by atoms with Gasteiger partial charge < -0.3 is 0 Å². The van der Waals surface area contributed by atoms with Crippen LogP contribution in [0.3, 0.4) is 0 Å². The summed E-state index contributed by atoms with van der Waals surface area (Å²) in [5.74, 6) is 2.94. The Morgan fingerprint density at radius 3 is 1.63 bits per heavy atom. The summed E-state index contributed by atoms with van der Waals surface area (Å²) in [4.78, 5) is 0. The summed E-state index contributed by atoms with van der Waals surface area (Å²) in [6.45, 7) is 4.57. The van der Waals surface area contributed by atoms with Crippen molar-refractivity contribution in [2.24, 2.45) is 11.8 Å². The Bertz CT molecular complexity index is 866. The van der Waals surface area contributed by atoms with Crippen LogP contribution in [0.1, 0.15) is 140 Å². The second-order valence-electron chi connectivity index (χ2n) is 11.8. The minimum atomic E-state index is 0.00223. The number of unbranched alkanes of at least 4 members (excludes halogenated alkanes) is 4. The lowest BCUT2D eigenvalue weighted by Gasteiger charge is -2.29. The van der Waals surface area contributed by atoms with Gasteiger partial charge in [-0.25, -0.2) is 4.39 Å². The Hall–Kier alpha value is -1.63. The Labute approximate surface area is 215 Å². The van der Waals surface area contributed by atoms with Gasteiger partial charge in [-0.1, -0.05) is 102 Å². The van der Waals surface area contributed by atoms with Gasteiger partial charge in [-0.05, 0) is 103 Å². The van der Waals surface area contributed by atoms with Crippen LogP contribution >= 0.6 is 0 Å². The van der Waals surface area contributed by atoms with Crippen molar-refractivity contribution in [3.8, 4) is 11.1 Å². The van der Waals surface area contributed by atoms with Gasteiger partial charge in [0.15, 0.2) is 0 Å². The molecule has 35 heavy (non-hydrogen) atoms. The first-order valence-corrected chi connectivity index (χ1v) is 15.1. The quantitative estimate of drug-likeness (QED) is 0.283. The monoisotopic (exact) mass is 476 g/mol. The van der Waals surface area contributed by atoms with Crippen LogP contribution in [0, 0.1) is 17.7 Å². The van der Waals surface area contributed by atoms with Gasteiger partial charge in [0, 0.05) is 0 Å². The molecule has 0 N–H and O–H groups in total. The number of halogens is 1. The molecule has 2 aromatic rings. The molecular formula is C34H49F. The highest BCUT2D eigenvalue weighted by Gasteiger charge is 2.25. The molecule has 0 heterocycles. The van der Waals surface area contributed by atoms with E-state index in [1.54, 1.807) is 6.07 Å². The highest BCUT2D eigenvalue weighted by molar-refractivity contribution is 5.64. The standard InChI is InChI=1S/C34H49F/c1-3-5-7-9-26-11-15-28(16-12-26)29-19-21-30(22-20-29)32-23-24-33(34(35)25-32)31-17-13-27(14-18-31)10-8-6-4-2/h19-28,31H,3-18H2,1-2H3. The largest absolute Gasteiger partial charge is 0.207 e. The van der Waals surface area contributed by atoms with Gasteiger partial charge in [0.05, 0.1) is 0 Å². The van der Waals surface area contributed by atoms with Gasteiger partial charge in [-0.3, -0.25) is 0 Å². The van der Waals surface area contributed by atoms with Crippen molar-refractivity contribution in [1.29, 1.82) is 0 Å². The molecule has 0 aromatic heterocycles. The second-order valence-corrected chi connectivity index (χ2v) is 11.8. The Kier molecular flexibility index (Phi) is 10.3. The van der Waals surface area contributed by atoms with Gasteiger partial charge in [0.2, 0.25) is 0 Å². The Morgan fingerprint density at radius 2 is 1.11 bits per heavy atom. The normalized spacial score (nSPS) is 25.0. The van der Waals surface area contributed by atoms with E-state index in [2.05, 4.69) is 50.2 Å². The van der Waals surface area contributed by atoms with Crippen LogP contribution in [0.25, 0.3) is 11.1 Å². The second kappa shape index (κ2) is 13.6. The molecule has 2 aliphatic rings. The summed E-state index contributed by atoms with van der Waals surface area (Å²) in [5, 5.41) is 0. The molecule has 0 atom stereocenters. The zero-order chi connectivity index (χ0) is 24.5. The molecule has 0 spiro atoms. The first kappa shape index (κ1) is 26.4. The first-order chi connectivity index (χ1) is 17.2. The minimum Gasteiger partial charge on any atom is -0.207 e. The molecule has 0 unspecified atom stereocenters. The maximum absolute atomic E-state index is 15.2. The number of benzene rings is 2. The van der Waals surface area contributed by atoms with E-state index in [1.807, 2.05) is 0 Å². The lowest BCUT2D eigenvalue weighted by Crippen LogP contribution is -2.14. The third kappa shape index (κ3) is 7.43. The van der Waals surface area contributed by atoms with Crippen molar-refractivity contribution in [2.75, 3.05) is 0 Å². The molecular weight excluding hydrogens is 427 g/mol. The van der Waals surface area contributed by atoms with E-state index in [0.29, 0.717) is 11.8 Å². The molecule has 0 saturated heterocycles. The van der Waals surface area contributed by atoms with Crippen molar-refractivity contribution < 1.29 is 4.39 Å². The molecule has 0 amide bonds. The molecule has 2 fully saturated rings. The van der Waals surface area contributed by atoms with Crippen LogP contribution in [0.15, 0.2) is 42.5 Å². The summed E-state index contributed by atoms with van der Waals surface area (Å²) < 4.78 is 15.2. The molecule has 192 valence electrons. The minimum absolute atomic E-state index is 0.00223.